The lowest BCUT2D eigenvalue weighted by Crippen LogP contribution is -2.50. The van der Waals surface area contributed by atoms with Crippen LogP contribution in [0.4, 0.5) is 4.79 Å². The summed E-state index contributed by atoms with van der Waals surface area (Å²) in [5.74, 6) is 0. The Hall–Kier alpha value is -0.860. The number of amides is 1. The number of nitrogens with zero attached hydrogens (tertiary/aromatic N) is 1. The predicted molar refractivity (Wildman–Crippen MR) is 45.0 cm³/mol. The Kier molecular flexibility index (Phi) is 2.70. The van der Waals surface area contributed by atoms with E-state index in [0.717, 1.165) is 0 Å². The molecule has 82 valence electrons. The molecule has 14 heavy (non-hydrogen) atoms. The van der Waals surface area contributed by atoms with Crippen molar-refractivity contribution in [3.05, 3.63) is 0 Å². The molecule has 1 atom stereocenters. The molecule has 0 radical (unpaired) electrons. The van der Waals surface area contributed by atoms with Gasteiger partial charge in [-0.3, -0.25) is 4.18 Å². The second-order valence-corrected chi connectivity index (χ2v) is 4.65. The largest absolute Gasteiger partial charge is 0.464 e. The van der Waals surface area contributed by atoms with Crippen LogP contribution >= 0.6 is 0 Å². The van der Waals surface area contributed by atoms with Crippen molar-refractivity contribution in [3.8, 4) is 0 Å². The molecular formula is C6H11NO6S. The van der Waals surface area contributed by atoms with Crippen LogP contribution in [0.15, 0.2) is 0 Å². The Morgan fingerprint density at radius 1 is 1.71 bits per heavy atom. The molecular weight excluding hydrogens is 214 g/mol. The molecule has 1 N–H and O–H groups in total. The van der Waals surface area contributed by atoms with Gasteiger partial charge >= 0.3 is 16.4 Å². The van der Waals surface area contributed by atoms with Gasteiger partial charge in [-0.15, -0.1) is 0 Å². The molecule has 1 heterocycles. The predicted octanol–water partition coefficient (Wildman–Crippen LogP) is -0.353. The van der Waals surface area contributed by atoms with Crippen LogP contribution in [0.5, 0.6) is 0 Å². The van der Waals surface area contributed by atoms with Gasteiger partial charge in [0.15, 0.2) is 0 Å². The molecule has 0 aromatic heterocycles. The van der Waals surface area contributed by atoms with Crippen molar-refractivity contribution in [2.75, 3.05) is 20.3 Å². The van der Waals surface area contributed by atoms with Gasteiger partial charge in [0.25, 0.3) is 0 Å². The van der Waals surface area contributed by atoms with Gasteiger partial charge in [0.1, 0.15) is 5.54 Å². The maximum Gasteiger partial charge on any atom is 0.423 e. The van der Waals surface area contributed by atoms with E-state index in [1.165, 1.54) is 14.0 Å². The first-order chi connectivity index (χ1) is 6.33. The van der Waals surface area contributed by atoms with Gasteiger partial charge in [-0.25, -0.2) is 4.79 Å². The molecule has 1 aliphatic heterocycles. The third-order valence-corrected chi connectivity index (χ3v) is 3.32. The Morgan fingerprint density at radius 3 is 2.71 bits per heavy atom. The first-order valence-electron chi connectivity index (χ1n) is 3.75. The van der Waals surface area contributed by atoms with Crippen LogP contribution in [0.2, 0.25) is 0 Å². The third kappa shape index (κ3) is 1.68. The zero-order chi connectivity index (χ0) is 11.0. The summed E-state index contributed by atoms with van der Waals surface area (Å²) >= 11 is 0. The number of rotatable bonds is 2. The molecule has 0 aliphatic carbocycles. The average molecular weight is 225 g/mol. The van der Waals surface area contributed by atoms with E-state index in [2.05, 4.69) is 4.18 Å². The van der Waals surface area contributed by atoms with Gasteiger partial charge in [0.05, 0.1) is 13.2 Å². The van der Waals surface area contributed by atoms with Crippen LogP contribution in [0, 0.1) is 0 Å². The molecule has 1 amide bonds. The Balaban J connectivity index is 3.07. The lowest BCUT2D eigenvalue weighted by molar-refractivity contribution is 0.0680. The Bertz CT molecular complexity index is 338. The molecule has 7 nitrogen and oxygen atoms in total. The highest BCUT2D eigenvalue weighted by atomic mass is 32.2. The molecule has 1 aliphatic rings. The highest BCUT2D eigenvalue weighted by Crippen LogP contribution is 2.28. The van der Waals surface area contributed by atoms with E-state index >= 15 is 0 Å². The van der Waals surface area contributed by atoms with E-state index in [4.69, 9.17) is 9.84 Å². The van der Waals surface area contributed by atoms with Gasteiger partial charge in [0, 0.05) is 7.11 Å². The highest BCUT2D eigenvalue weighted by molar-refractivity contribution is 7.85. The number of carboxylic acid groups (broad SMARTS) is 1. The molecule has 0 bridgehead atoms. The molecule has 1 rings (SSSR count). The van der Waals surface area contributed by atoms with Crippen molar-refractivity contribution in [3.63, 3.8) is 0 Å². The molecule has 0 aromatic rings. The second-order valence-electron chi connectivity index (χ2n) is 3.20. The lowest BCUT2D eigenvalue weighted by atomic mass is 10.1. The SMILES string of the molecule is COCC1(C)COS(=O)(=O)N1C(=O)O. The third-order valence-electron chi connectivity index (χ3n) is 1.86. The first kappa shape index (κ1) is 11.2. The van der Waals surface area contributed by atoms with Gasteiger partial charge in [-0.2, -0.15) is 12.7 Å². The van der Waals surface area contributed by atoms with Crippen LogP contribution in [-0.2, 0) is 19.2 Å². The molecule has 1 unspecified atom stereocenters. The minimum atomic E-state index is -4.16. The van der Waals surface area contributed by atoms with Gasteiger partial charge in [0.2, 0.25) is 0 Å². The zero-order valence-electron chi connectivity index (χ0n) is 7.76. The van der Waals surface area contributed by atoms with Crippen LogP contribution < -0.4 is 0 Å². The van der Waals surface area contributed by atoms with Crippen LogP contribution in [0.25, 0.3) is 0 Å². The summed E-state index contributed by atoms with van der Waals surface area (Å²) in [5, 5.41) is 8.72. The normalized spacial score (nSPS) is 30.6. The Morgan fingerprint density at radius 2 is 2.29 bits per heavy atom. The summed E-state index contributed by atoms with van der Waals surface area (Å²) in [6.45, 7) is 1.17. The highest BCUT2D eigenvalue weighted by Gasteiger charge is 2.51. The summed E-state index contributed by atoms with van der Waals surface area (Å²) in [4.78, 5) is 10.7. The van der Waals surface area contributed by atoms with E-state index < -0.39 is 21.9 Å². The van der Waals surface area contributed by atoms with Crippen molar-refractivity contribution in [1.82, 2.24) is 4.31 Å². The lowest BCUT2D eigenvalue weighted by Gasteiger charge is -2.27. The molecule has 8 heteroatoms. The van der Waals surface area contributed by atoms with E-state index in [1.807, 2.05) is 0 Å². The fraction of sp³-hybridized carbons (Fsp3) is 0.833. The minimum Gasteiger partial charge on any atom is -0.464 e. The van der Waals surface area contributed by atoms with Gasteiger partial charge < -0.3 is 9.84 Å². The van der Waals surface area contributed by atoms with Crippen molar-refractivity contribution in [1.29, 1.82) is 0 Å². The molecule has 1 fully saturated rings. The van der Waals surface area contributed by atoms with E-state index in [1.54, 1.807) is 0 Å². The Labute approximate surface area is 81.5 Å². The standard InChI is InChI=1S/C6H11NO6S/c1-6(3-12-2)4-13-14(10,11)7(6)5(8)9/h3-4H2,1-2H3,(H,8,9). The van der Waals surface area contributed by atoms with E-state index in [-0.39, 0.29) is 17.5 Å². The molecule has 0 aromatic carbocycles. The number of methoxy groups -OCH3 is 1. The second kappa shape index (κ2) is 3.37. The maximum atomic E-state index is 11.2. The van der Waals surface area contributed by atoms with E-state index in [9.17, 15) is 13.2 Å². The van der Waals surface area contributed by atoms with E-state index in [0.29, 0.717) is 0 Å². The summed E-state index contributed by atoms with van der Waals surface area (Å²) in [7, 11) is -2.81. The minimum absolute atomic E-state index is 0.0431. The number of hydrogen-bond acceptors (Lipinski definition) is 5. The van der Waals surface area contributed by atoms with Crippen molar-refractivity contribution < 1.29 is 27.2 Å². The summed E-state index contributed by atoms with van der Waals surface area (Å²) in [5.41, 5.74) is -1.18. The molecule has 0 spiro atoms. The quantitative estimate of drug-likeness (QED) is 0.690. The monoisotopic (exact) mass is 225 g/mol. The van der Waals surface area contributed by atoms with Crippen LogP contribution in [-0.4, -0.2) is 49.8 Å². The topological polar surface area (TPSA) is 93.1 Å². The average Bonchev–Trinajstić information content (AvgIpc) is 2.22. The number of ether oxygens (including phenoxy) is 1. The number of hydrogen-bond donors (Lipinski definition) is 1. The van der Waals surface area contributed by atoms with Crippen LogP contribution in [0.1, 0.15) is 6.92 Å². The van der Waals surface area contributed by atoms with Gasteiger partial charge in [-0.05, 0) is 6.92 Å². The fourth-order valence-corrected chi connectivity index (χ4v) is 2.67. The number of carbonyl (C=O) groups is 1. The summed E-state index contributed by atoms with van der Waals surface area (Å²) in [6, 6.07) is 0. The van der Waals surface area contributed by atoms with Crippen molar-refractivity contribution >= 4 is 16.4 Å². The first-order valence-corrected chi connectivity index (χ1v) is 5.12. The van der Waals surface area contributed by atoms with Crippen molar-refractivity contribution in [2.45, 2.75) is 12.5 Å². The van der Waals surface area contributed by atoms with Crippen molar-refractivity contribution in [2.24, 2.45) is 0 Å². The van der Waals surface area contributed by atoms with Gasteiger partial charge in [-0.1, -0.05) is 0 Å². The smallest absolute Gasteiger partial charge is 0.423 e. The molecule has 1 saturated heterocycles. The van der Waals surface area contributed by atoms with Crippen LogP contribution in [0.3, 0.4) is 0 Å². The maximum absolute atomic E-state index is 11.2. The molecule has 0 saturated carbocycles. The summed E-state index contributed by atoms with van der Waals surface area (Å²) in [6.07, 6.45) is -1.57. The fourth-order valence-electron chi connectivity index (χ4n) is 1.32. The summed E-state index contributed by atoms with van der Waals surface area (Å²) < 4.78 is 31.8. The zero-order valence-corrected chi connectivity index (χ0v) is 8.57.